The molecule has 0 saturated heterocycles. The van der Waals surface area contributed by atoms with E-state index in [1.807, 2.05) is 51.1 Å². The van der Waals surface area contributed by atoms with E-state index in [1.54, 1.807) is 12.1 Å². The molecule has 0 aliphatic carbocycles. The summed E-state index contributed by atoms with van der Waals surface area (Å²) in [5.74, 6) is -0.747. The predicted octanol–water partition coefficient (Wildman–Crippen LogP) is 4.39. The topological polar surface area (TPSA) is 89.0 Å². The molecule has 1 amide bonds. The van der Waals surface area contributed by atoms with E-state index in [9.17, 15) is 13.2 Å². The van der Waals surface area contributed by atoms with Gasteiger partial charge in [-0.2, -0.15) is 0 Å². The van der Waals surface area contributed by atoms with Gasteiger partial charge in [0, 0.05) is 11.9 Å². The second-order valence-electron chi connectivity index (χ2n) is 6.76. The summed E-state index contributed by atoms with van der Waals surface area (Å²) in [6.45, 7) is 5.61. The molecule has 0 fully saturated rings. The van der Waals surface area contributed by atoms with Crippen LogP contribution >= 0.6 is 15.9 Å². The second-order valence-corrected chi connectivity index (χ2v) is 9.49. The summed E-state index contributed by atoms with van der Waals surface area (Å²) in [6, 6.07) is 12.9. The number of aryl methyl sites for hydroxylation is 3. The summed E-state index contributed by atoms with van der Waals surface area (Å²) in [5.41, 5.74) is 3.96. The van der Waals surface area contributed by atoms with Crippen LogP contribution in [0.4, 0.5) is 5.69 Å². The summed E-state index contributed by atoms with van der Waals surface area (Å²) in [5, 5.41) is 2.44. The van der Waals surface area contributed by atoms with Gasteiger partial charge in [-0.3, -0.25) is 4.79 Å². The van der Waals surface area contributed by atoms with Gasteiger partial charge in [-0.05, 0) is 59.0 Å². The van der Waals surface area contributed by atoms with Crippen molar-refractivity contribution in [3.8, 4) is 0 Å². The fourth-order valence-electron chi connectivity index (χ4n) is 2.89. The van der Waals surface area contributed by atoms with Crippen molar-refractivity contribution in [3.63, 3.8) is 0 Å². The minimum absolute atomic E-state index is 0.0361. The van der Waals surface area contributed by atoms with E-state index < -0.39 is 15.7 Å². The first-order valence-electron chi connectivity index (χ1n) is 8.86. The van der Waals surface area contributed by atoms with E-state index in [0.29, 0.717) is 15.7 Å². The zero-order valence-electron chi connectivity index (χ0n) is 16.2. The minimum Gasteiger partial charge on any atom is -0.320 e. The lowest BCUT2D eigenvalue weighted by atomic mass is 10.1. The molecule has 1 heterocycles. The Labute approximate surface area is 178 Å². The van der Waals surface area contributed by atoms with Gasteiger partial charge in [0.25, 0.3) is 5.91 Å². The molecule has 0 saturated carbocycles. The van der Waals surface area contributed by atoms with Crippen molar-refractivity contribution in [1.82, 2.24) is 9.97 Å². The van der Waals surface area contributed by atoms with Crippen molar-refractivity contribution in [2.75, 3.05) is 5.32 Å². The smallest absolute Gasteiger partial charge is 0.275 e. The van der Waals surface area contributed by atoms with Crippen LogP contribution in [0.1, 0.15) is 32.7 Å². The normalized spacial score (nSPS) is 11.3. The summed E-state index contributed by atoms with van der Waals surface area (Å²) >= 11 is 3.25. The Kier molecular flexibility index (Phi) is 6.14. The Bertz CT molecular complexity index is 1170. The first kappa shape index (κ1) is 21.1. The van der Waals surface area contributed by atoms with E-state index in [-0.39, 0.29) is 16.6 Å². The van der Waals surface area contributed by atoms with Crippen molar-refractivity contribution >= 4 is 37.4 Å². The molecule has 1 N–H and O–H groups in total. The van der Waals surface area contributed by atoms with E-state index in [2.05, 4.69) is 31.2 Å². The number of amides is 1. The molecule has 150 valence electrons. The quantitative estimate of drug-likeness (QED) is 0.554. The highest BCUT2D eigenvalue weighted by Crippen LogP contribution is 2.23. The molecule has 2 aromatic carbocycles. The van der Waals surface area contributed by atoms with Crippen LogP contribution in [-0.4, -0.2) is 24.3 Å². The molecule has 3 rings (SSSR count). The lowest BCUT2D eigenvalue weighted by Crippen LogP contribution is -2.19. The molecule has 8 heteroatoms. The van der Waals surface area contributed by atoms with E-state index in [0.717, 1.165) is 16.7 Å². The SMILES string of the molecule is Cc1ccccc1CS(=O)(=O)c1ncc(Br)c(C(=O)Nc2c(C)cccc2C)n1. The number of hydrogen-bond donors (Lipinski definition) is 1. The molecule has 0 radical (unpaired) electrons. The Hall–Kier alpha value is -2.58. The zero-order chi connectivity index (χ0) is 21.2. The highest BCUT2D eigenvalue weighted by atomic mass is 79.9. The van der Waals surface area contributed by atoms with Gasteiger partial charge in [-0.25, -0.2) is 18.4 Å². The number of aromatic nitrogens is 2. The fraction of sp³-hybridized carbons (Fsp3) is 0.190. The summed E-state index contributed by atoms with van der Waals surface area (Å²) in [4.78, 5) is 20.8. The van der Waals surface area contributed by atoms with Gasteiger partial charge in [0.05, 0.1) is 10.2 Å². The molecule has 0 aliphatic heterocycles. The average Bonchev–Trinajstić information content (AvgIpc) is 2.66. The molecule has 0 unspecified atom stereocenters. The molecule has 29 heavy (non-hydrogen) atoms. The highest BCUT2D eigenvalue weighted by Gasteiger charge is 2.24. The summed E-state index contributed by atoms with van der Waals surface area (Å²) in [7, 11) is -3.82. The van der Waals surface area contributed by atoms with Crippen LogP contribution in [-0.2, 0) is 15.6 Å². The maximum atomic E-state index is 12.8. The van der Waals surface area contributed by atoms with Gasteiger partial charge in [0.15, 0.2) is 0 Å². The predicted molar refractivity (Wildman–Crippen MR) is 116 cm³/mol. The highest BCUT2D eigenvalue weighted by molar-refractivity contribution is 9.10. The third-order valence-electron chi connectivity index (χ3n) is 4.54. The summed E-state index contributed by atoms with van der Waals surface area (Å²) < 4.78 is 26.0. The monoisotopic (exact) mass is 473 g/mol. The van der Waals surface area contributed by atoms with E-state index in [1.165, 1.54) is 6.20 Å². The van der Waals surface area contributed by atoms with Crippen LogP contribution in [0.15, 0.2) is 58.3 Å². The Balaban J connectivity index is 1.93. The molecule has 1 aromatic heterocycles. The lowest BCUT2D eigenvalue weighted by molar-refractivity contribution is 0.102. The van der Waals surface area contributed by atoms with Crippen LogP contribution in [0.2, 0.25) is 0 Å². The number of benzene rings is 2. The number of hydrogen-bond acceptors (Lipinski definition) is 5. The molecular formula is C21H20BrN3O3S. The van der Waals surface area contributed by atoms with Crippen molar-refractivity contribution in [3.05, 3.63) is 81.1 Å². The van der Waals surface area contributed by atoms with Gasteiger partial charge >= 0.3 is 0 Å². The van der Waals surface area contributed by atoms with Gasteiger partial charge in [0.2, 0.25) is 15.0 Å². The van der Waals surface area contributed by atoms with Crippen molar-refractivity contribution in [1.29, 1.82) is 0 Å². The maximum Gasteiger partial charge on any atom is 0.275 e. The number of nitrogens with zero attached hydrogens (tertiary/aromatic N) is 2. The number of carbonyl (C=O) groups is 1. The van der Waals surface area contributed by atoms with Crippen molar-refractivity contribution in [2.45, 2.75) is 31.7 Å². The van der Waals surface area contributed by atoms with E-state index in [4.69, 9.17) is 0 Å². The number of rotatable bonds is 5. The fourth-order valence-corrected chi connectivity index (χ4v) is 4.56. The van der Waals surface area contributed by atoms with Gasteiger partial charge in [0.1, 0.15) is 5.69 Å². The minimum atomic E-state index is -3.82. The number of anilines is 1. The van der Waals surface area contributed by atoms with Gasteiger partial charge in [-0.1, -0.05) is 42.5 Å². The molecule has 3 aromatic rings. The van der Waals surface area contributed by atoms with Crippen LogP contribution in [0, 0.1) is 20.8 Å². The van der Waals surface area contributed by atoms with Crippen LogP contribution in [0.5, 0.6) is 0 Å². The van der Waals surface area contributed by atoms with Crippen LogP contribution < -0.4 is 5.32 Å². The lowest BCUT2D eigenvalue weighted by Gasteiger charge is -2.12. The van der Waals surface area contributed by atoms with Crippen molar-refractivity contribution < 1.29 is 13.2 Å². The van der Waals surface area contributed by atoms with E-state index >= 15 is 0 Å². The Morgan fingerprint density at radius 2 is 1.62 bits per heavy atom. The number of carbonyl (C=O) groups excluding carboxylic acids is 1. The zero-order valence-corrected chi connectivity index (χ0v) is 18.6. The number of para-hydroxylation sites is 1. The largest absolute Gasteiger partial charge is 0.320 e. The standard InChI is InChI=1S/C21H20BrN3O3S/c1-13-7-4-5-10-16(13)12-29(27,28)21-23-11-17(22)19(25-21)20(26)24-18-14(2)8-6-9-15(18)3/h4-11H,12H2,1-3H3,(H,24,26). The third-order valence-corrected chi connectivity index (χ3v) is 6.57. The second kappa shape index (κ2) is 8.42. The van der Waals surface area contributed by atoms with Gasteiger partial charge in [-0.15, -0.1) is 0 Å². The molecular weight excluding hydrogens is 454 g/mol. The number of sulfone groups is 1. The van der Waals surface area contributed by atoms with Gasteiger partial charge < -0.3 is 5.32 Å². The first-order chi connectivity index (χ1) is 13.7. The molecule has 0 aliphatic rings. The number of halogens is 1. The first-order valence-corrected chi connectivity index (χ1v) is 11.3. The molecule has 0 bridgehead atoms. The Morgan fingerprint density at radius 3 is 2.28 bits per heavy atom. The van der Waals surface area contributed by atoms with Crippen LogP contribution in [0.25, 0.3) is 0 Å². The molecule has 6 nitrogen and oxygen atoms in total. The van der Waals surface area contributed by atoms with Crippen molar-refractivity contribution in [2.24, 2.45) is 0 Å². The average molecular weight is 474 g/mol. The van der Waals surface area contributed by atoms with Crippen LogP contribution in [0.3, 0.4) is 0 Å². The molecule has 0 atom stereocenters. The molecule has 0 spiro atoms. The number of nitrogens with one attached hydrogen (secondary N) is 1. The summed E-state index contributed by atoms with van der Waals surface area (Å²) in [6.07, 6.45) is 1.29. The maximum absolute atomic E-state index is 12.8. The Morgan fingerprint density at radius 1 is 1.00 bits per heavy atom. The third kappa shape index (κ3) is 4.71.